The van der Waals surface area contributed by atoms with Crippen LogP contribution in [0.4, 0.5) is 0 Å². The topological polar surface area (TPSA) is 63.2 Å². The van der Waals surface area contributed by atoms with Gasteiger partial charge in [0.2, 0.25) is 10.0 Å². The lowest BCUT2D eigenvalue weighted by Crippen LogP contribution is -2.29. The fraction of sp³-hybridized carbons (Fsp3) is 0.263. The van der Waals surface area contributed by atoms with Crippen LogP contribution in [0.5, 0.6) is 0 Å². The molecule has 1 unspecified atom stereocenters. The van der Waals surface area contributed by atoms with Gasteiger partial charge in [-0.15, -0.1) is 0 Å². The van der Waals surface area contributed by atoms with Crippen molar-refractivity contribution in [1.82, 2.24) is 14.3 Å². The van der Waals surface area contributed by atoms with E-state index in [2.05, 4.69) is 28.2 Å². The molecule has 0 spiro atoms. The molecule has 4 rings (SSSR count). The summed E-state index contributed by atoms with van der Waals surface area (Å²) in [5.41, 5.74) is 2.20. The average Bonchev–Trinajstić information content (AvgIpc) is 3.12. The first-order valence-corrected chi connectivity index (χ1v) is 9.81. The zero-order valence-electron chi connectivity index (χ0n) is 13.7. The van der Waals surface area contributed by atoms with Gasteiger partial charge in [-0.2, -0.15) is 4.31 Å². The molecule has 25 heavy (non-hydrogen) atoms. The maximum atomic E-state index is 12.7. The van der Waals surface area contributed by atoms with Crippen molar-refractivity contribution < 1.29 is 8.42 Å². The van der Waals surface area contributed by atoms with Crippen molar-refractivity contribution in [1.29, 1.82) is 0 Å². The molecule has 1 aliphatic rings. The Bertz CT molecular complexity index is 984. The fourth-order valence-corrected chi connectivity index (χ4v) is 4.97. The van der Waals surface area contributed by atoms with Crippen LogP contribution in [-0.4, -0.2) is 35.8 Å². The van der Waals surface area contributed by atoms with E-state index in [1.807, 2.05) is 12.1 Å². The largest absolute Gasteiger partial charge is 0.263 e. The molecule has 6 heteroatoms. The molecule has 1 saturated heterocycles. The molecule has 1 atom stereocenters. The molecule has 2 aromatic heterocycles. The molecule has 0 aliphatic carbocycles. The summed E-state index contributed by atoms with van der Waals surface area (Å²) in [6, 6.07) is 13.4. The molecule has 1 fully saturated rings. The van der Waals surface area contributed by atoms with Crippen LogP contribution < -0.4 is 0 Å². The number of fused-ring (bicyclic) bond motifs is 1. The molecule has 1 aromatic carbocycles. The van der Waals surface area contributed by atoms with Gasteiger partial charge in [0, 0.05) is 37.1 Å². The predicted molar refractivity (Wildman–Crippen MR) is 96.5 cm³/mol. The van der Waals surface area contributed by atoms with Crippen molar-refractivity contribution >= 4 is 20.9 Å². The van der Waals surface area contributed by atoms with E-state index in [9.17, 15) is 8.42 Å². The zero-order chi connectivity index (χ0) is 17.3. The summed E-state index contributed by atoms with van der Waals surface area (Å²) in [5, 5.41) is 1.12. The molecule has 0 bridgehead atoms. The number of benzene rings is 1. The van der Waals surface area contributed by atoms with Gasteiger partial charge in [-0.05, 0) is 42.5 Å². The molecule has 0 radical (unpaired) electrons. The number of rotatable bonds is 4. The van der Waals surface area contributed by atoms with Crippen molar-refractivity contribution in [2.24, 2.45) is 5.92 Å². The summed E-state index contributed by atoms with van der Waals surface area (Å²) in [5.74, 6) is 0.305. The van der Waals surface area contributed by atoms with Gasteiger partial charge in [0.1, 0.15) is 4.90 Å². The van der Waals surface area contributed by atoms with Crippen molar-refractivity contribution in [3.63, 3.8) is 0 Å². The van der Waals surface area contributed by atoms with Crippen LogP contribution in [0.25, 0.3) is 10.9 Å². The summed E-state index contributed by atoms with van der Waals surface area (Å²) in [7, 11) is -3.45. The minimum Gasteiger partial charge on any atom is -0.263 e. The molecule has 128 valence electrons. The van der Waals surface area contributed by atoms with Crippen molar-refractivity contribution in [2.75, 3.05) is 13.1 Å². The van der Waals surface area contributed by atoms with Crippen molar-refractivity contribution in [3.8, 4) is 0 Å². The number of aromatic nitrogens is 2. The van der Waals surface area contributed by atoms with Gasteiger partial charge in [-0.1, -0.05) is 24.3 Å². The average molecular weight is 353 g/mol. The third-order valence-electron chi connectivity index (χ3n) is 4.75. The van der Waals surface area contributed by atoms with E-state index in [4.69, 9.17) is 0 Å². The summed E-state index contributed by atoms with van der Waals surface area (Å²) in [4.78, 5) is 8.69. The Balaban J connectivity index is 1.53. The van der Waals surface area contributed by atoms with Crippen LogP contribution in [0.1, 0.15) is 12.0 Å². The third kappa shape index (κ3) is 3.15. The molecular formula is C19H19N3O2S. The zero-order valence-corrected chi connectivity index (χ0v) is 14.6. The quantitative estimate of drug-likeness (QED) is 0.723. The molecule has 0 N–H and O–H groups in total. The highest BCUT2D eigenvalue weighted by molar-refractivity contribution is 7.89. The third-order valence-corrected chi connectivity index (χ3v) is 6.59. The number of hydrogen-bond donors (Lipinski definition) is 0. The first-order valence-electron chi connectivity index (χ1n) is 8.37. The van der Waals surface area contributed by atoms with E-state index >= 15 is 0 Å². The lowest BCUT2D eigenvalue weighted by Gasteiger charge is -2.16. The van der Waals surface area contributed by atoms with E-state index in [1.165, 1.54) is 11.8 Å². The molecule has 0 saturated carbocycles. The van der Waals surface area contributed by atoms with Gasteiger partial charge in [0.05, 0.1) is 5.52 Å². The first-order chi connectivity index (χ1) is 12.1. The molecular weight excluding hydrogens is 334 g/mol. The standard InChI is InChI=1S/C19H19N3O2S/c23-25(24,18-7-3-9-20-13-18)22-11-8-15(14-22)12-17-5-1-4-16-6-2-10-21-19(16)17/h1-7,9-10,13,15H,8,11-12,14H2. The van der Waals surface area contributed by atoms with Gasteiger partial charge in [0.15, 0.2) is 0 Å². The van der Waals surface area contributed by atoms with Gasteiger partial charge < -0.3 is 0 Å². The van der Waals surface area contributed by atoms with E-state index < -0.39 is 10.0 Å². The van der Waals surface area contributed by atoms with Gasteiger partial charge in [0.25, 0.3) is 0 Å². The highest BCUT2D eigenvalue weighted by Crippen LogP contribution is 2.28. The Kier molecular flexibility index (Phi) is 4.23. The van der Waals surface area contributed by atoms with E-state index in [-0.39, 0.29) is 4.90 Å². The number of para-hydroxylation sites is 1. The molecule has 0 amide bonds. The molecule has 3 heterocycles. The molecule has 3 aromatic rings. The normalized spacial score (nSPS) is 18.6. The second kappa shape index (κ2) is 6.54. The minimum absolute atomic E-state index is 0.266. The van der Waals surface area contributed by atoms with E-state index in [1.54, 1.807) is 28.8 Å². The van der Waals surface area contributed by atoms with Crippen LogP contribution in [0.15, 0.2) is 66.0 Å². The summed E-state index contributed by atoms with van der Waals surface area (Å²) < 4.78 is 27.0. The highest BCUT2D eigenvalue weighted by atomic mass is 32.2. The maximum Gasteiger partial charge on any atom is 0.244 e. The fourth-order valence-electron chi connectivity index (χ4n) is 3.47. The monoisotopic (exact) mass is 353 g/mol. The smallest absolute Gasteiger partial charge is 0.244 e. The van der Waals surface area contributed by atoms with Crippen molar-refractivity contribution in [2.45, 2.75) is 17.7 Å². The SMILES string of the molecule is O=S(=O)(c1cccnc1)N1CCC(Cc2cccc3cccnc23)C1. The number of pyridine rings is 2. The highest BCUT2D eigenvalue weighted by Gasteiger charge is 2.32. The number of hydrogen-bond acceptors (Lipinski definition) is 4. The Labute approximate surface area is 147 Å². The van der Waals surface area contributed by atoms with E-state index in [0.717, 1.165) is 23.7 Å². The van der Waals surface area contributed by atoms with Crippen LogP contribution in [-0.2, 0) is 16.4 Å². The number of sulfonamides is 1. The predicted octanol–water partition coefficient (Wildman–Crippen LogP) is 2.88. The Hall–Kier alpha value is -2.31. The van der Waals surface area contributed by atoms with Gasteiger partial charge >= 0.3 is 0 Å². The Morgan fingerprint density at radius 3 is 2.76 bits per heavy atom. The van der Waals surface area contributed by atoms with Crippen LogP contribution >= 0.6 is 0 Å². The Morgan fingerprint density at radius 1 is 1.08 bits per heavy atom. The summed E-state index contributed by atoms with van der Waals surface area (Å²) in [6.07, 6.45) is 6.51. The maximum absolute atomic E-state index is 12.7. The lowest BCUT2D eigenvalue weighted by molar-refractivity contribution is 0.456. The first kappa shape index (κ1) is 16.2. The van der Waals surface area contributed by atoms with Crippen molar-refractivity contribution in [3.05, 3.63) is 66.6 Å². The molecule has 5 nitrogen and oxygen atoms in total. The second-order valence-electron chi connectivity index (χ2n) is 6.40. The molecule has 1 aliphatic heterocycles. The summed E-state index contributed by atoms with van der Waals surface area (Å²) >= 11 is 0. The Morgan fingerprint density at radius 2 is 1.92 bits per heavy atom. The van der Waals surface area contributed by atoms with Gasteiger partial charge in [-0.25, -0.2) is 8.42 Å². The van der Waals surface area contributed by atoms with E-state index in [0.29, 0.717) is 19.0 Å². The van der Waals surface area contributed by atoms with Crippen LogP contribution in [0.3, 0.4) is 0 Å². The minimum atomic E-state index is -3.45. The lowest BCUT2D eigenvalue weighted by atomic mass is 9.97. The van der Waals surface area contributed by atoms with Gasteiger partial charge in [-0.3, -0.25) is 9.97 Å². The van der Waals surface area contributed by atoms with Crippen LogP contribution in [0, 0.1) is 5.92 Å². The summed E-state index contributed by atoms with van der Waals surface area (Å²) in [6.45, 7) is 1.10. The second-order valence-corrected chi connectivity index (χ2v) is 8.34. The number of nitrogens with zero attached hydrogens (tertiary/aromatic N) is 3. The van der Waals surface area contributed by atoms with Crippen LogP contribution in [0.2, 0.25) is 0 Å².